The lowest BCUT2D eigenvalue weighted by Gasteiger charge is -2.15. The van der Waals surface area contributed by atoms with Gasteiger partial charge in [-0.2, -0.15) is 0 Å². The molecule has 1 aromatic rings. The number of carbonyl (C=O) groups is 1. The van der Waals surface area contributed by atoms with Crippen molar-refractivity contribution < 1.29 is 14.3 Å². The normalized spacial score (nSPS) is 16.4. The van der Waals surface area contributed by atoms with Crippen LogP contribution in [0.1, 0.15) is 24.3 Å². The maximum Gasteiger partial charge on any atom is 0.225 e. The molecule has 92 valence electrons. The minimum Gasteiger partial charge on any atom is -0.493 e. The zero-order valence-electron chi connectivity index (χ0n) is 10.1. The molecular formula is C13H17NO3. The van der Waals surface area contributed by atoms with Crippen LogP contribution in [0.2, 0.25) is 0 Å². The average Bonchev–Trinajstić information content (AvgIpc) is 3.13. The first kappa shape index (κ1) is 11.8. The van der Waals surface area contributed by atoms with Gasteiger partial charge in [-0.25, -0.2) is 0 Å². The molecular weight excluding hydrogens is 218 g/mol. The summed E-state index contributed by atoms with van der Waals surface area (Å²) in [5.41, 5.74) is 6.38. The predicted octanol–water partition coefficient (Wildman–Crippen LogP) is 1.68. The molecule has 1 atom stereocenters. The summed E-state index contributed by atoms with van der Waals surface area (Å²) in [6.45, 7) is 0. The Morgan fingerprint density at radius 2 is 1.94 bits per heavy atom. The Hall–Kier alpha value is -1.71. The molecule has 2 rings (SSSR count). The van der Waals surface area contributed by atoms with Crippen molar-refractivity contribution >= 4 is 5.91 Å². The quantitative estimate of drug-likeness (QED) is 0.844. The van der Waals surface area contributed by atoms with Gasteiger partial charge in [0.1, 0.15) is 0 Å². The van der Waals surface area contributed by atoms with Crippen LogP contribution >= 0.6 is 0 Å². The fraction of sp³-hybridized carbons (Fsp3) is 0.462. The van der Waals surface area contributed by atoms with Crippen molar-refractivity contribution in [2.24, 2.45) is 11.7 Å². The van der Waals surface area contributed by atoms with Gasteiger partial charge in [-0.1, -0.05) is 6.07 Å². The molecule has 1 aromatic carbocycles. The standard InChI is InChI=1S/C13H17NO3/c1-16-10-6-5-9(7-11(10)17-2)12(13(14)15)8-3-4-8/h5-8,12H,3-4H2,1-2H3,(H2,14,15). The maximum atomic E-state index is 11.5. The smallest absolute Gasteiger partial charge is 0.225 e. The summed E-state index contributed by atoms with van der Waals surface area (Å²) in [6.07, 6.45) is 2.14. The highest BCUT2D eigenvalue weighted by Crippen LogP contribution is 2.44. The van der Waals surface area contributed by atoms with E-state index in [0.29, 0.717) is 17.4 Å². The molecule has 1 fully saturated rings. The lowest BCUT2D eigenvalue weighted by molar-refractivity contribution is -0.119. The van der Waals surface area contributed by atoms with Gasteiger partial charge in [0.2, 0.25) is 5.91 Å². The van der Waals surface area contributed by atoms with Crippen LogP contribution < -0.4 is 15.2 Å². The molecule has 0 spiro atoms. The zero-order chi connectivity index (χ0) is 12.4. The van der Waals surface area contributed by atoms with Crippen molar-refractivity contribution in [3.8, 4) is 11.5 Å². The summed E-state index contributed by atoms with van der Waals surface area (Å²) >= 11 is 0. The van der Waals surface area contributed by atoms with Gasteiger partial charge in [0.05, 0.1) is 20.1 Å². The number of amides is 1. The molecule has 0 heterocycles. The Labute approximate surface area is 101 Å². The summed E-state index contributed by atoms with van der Waals surface area (Å²) < 4.78 is 10.4. The third-order valence-corrected chi connectivity index (χ3v) is 3.17. The molecule has 17 heavy (non-hydrogen) atoms. The van der Waals surface area contributed by atoms with Gasteiger partial charge in [0, 0.05) is 0 Å². The van der Waals surface area contributed by atoms with Gasteiger partial charge in [-0.15, -0.1) is 0 Å². The first-order chi connectivity index (χ1) is 8.17. The van der Waals surface area contributed by atoms with Crippen LogP contribution in [0.5, 0.6) is 11.5 Å². The van der Waals surface area contributed by atoms with Crippen molar-refractivity contribution in [3.05, 3.63) is 23.8 Å². The third kappa shape index (κ3) is 2.35. The van der Waals surface area contributed by atoms with E-state index in [1.54, 1.807) is 14.2 Å². The molecule has 1 unspecified atom stereocenters. The first-order valence-electron chi connectivity index (χ1n) is 5.68. The number of rotatable bonds is 5. The lowest BCUT2D eigenvalue weighted by atomic mass is 9.93. The predicted molar refractivity (Wildman–Crippen MR) is 64.2 cm³/mol. The monoisotopic (exact) mass is 235 g/mol. The Morgan fingerprint density at radius 3 is 2.41 bits per heavy atom. The van der Waals surface area contributed by atoms with Crippen LogP contribution in [-0.2, 0) is 4.79 Å². The lowest BCUT2D eigenvalue weighted by Crippen LogP contribution is -2.23. The van der Waals surface area contributed by atoms with Crippen LogP contribution in [0.15, 0.2) is 18.2 Å². The van der Waals surface area contributed by atoms with E-state index in [1.165, 1.54) is 0 Å². The summed E-state index contributed by atoms with van der Waals surface area (Å²) in [6, 6.07) is 5.54. The number of ether oxygens (including phenoxy) is 2. The topological polar surface area (TPSA) is 61.5 Å². The SMILES string of the molecule is COc1ccc(C(C(N)=O)C2CC2)cc1OC. The van der Waals surface area contributed by atoms with Crippen molar-refractivity contribution in [2.45, 2.75) is 18.8 Å². The van der Waals surface area contributed by atoms with Gasteiger partial charge in [-0.05, 0) is 36.5 Å². The van der Waals surface area contributed by atoms with E-state index in [0.717, 1.165) is 18.4 Å². The summed E-state index contributed by atoms with van der Waals surface area (Å²) in [5, 5.41) is 0. The average molecular weight is 235 g/mol. The molecule has 4 nitrogen and oxygen atoms in total. The Bertz CT molecular complexity index is 427. The number of hydrogen-bond donors (Lipinski definition) is 1. The summed E-state index contributed by atoms with van der Waals surface area (Å²) in [4.78, 5) is 11.5. The van der Waals surface area contributed by atoms with Gasteiger partial charge in [0.15, 0.2) is 11.5 Å². The molecule has 0 aliphatic heterocycles. The van der Waals surface area contributed by atoms with Crippen LogP contribution in [0.3, 0.4) is 0 Å². The van der Waals surface area contributed by atoms with Crippen LogP contribution in [0, 0.1) is 5.92 Å². The Morgan fingerprint density at radius 1 is 1.29 bits per heavy atom. The van der Waals surface area contributed by atoms with Crippen LogP contribution in [0.25, 0.3) is 0 Å². The van der Waals surface area contributed by atoms with Gasteiger partial charge < -0.3 is 15.2 Å². The van der Waals surface area contributed by atoms with E-state index >= 15 is 0 Å². The second kappa shape index (κ2) is 4.65. The number of hydrogen-bond acceptors (Lipinski definition) is 3. The minimum atomic E-state index is -0.264. The van der Waals surface area contributed by atoms with E-state index < -0.39 is 0 Å². The molecule has 0 aromatic heterocycles. The van der Waals surface area contributed by atoms with Gasteiger partial charge >= 0.3 is 0 Å². The molecule has 1 aliphatic rings. The Kier molecular flexibility index (Phi) is 3.22. The van der Waals surface area contributed by atoms with E-state index in [1.807, 2.05) is 18.2 Å². The summed E-state index contributed by atoms with van der Waals surface area (Å²) in [5.74, 6) is 1.23. The molecule has 2 N–H and O–H groups in total. The van der Waals surface area contributed by atoms with Gasteiger partial charge in [-0.3, -0.25) is 4.79 Å². The fourth-order valence-corrected chi connectivity index (χ4v) is 2.14. The number of benzene rings is 1. The van der Waals surface area contributed by atoms with Crippen LogP contribution in [-0.4, -0.2) is 20.1 Å². The van der Waals surface area contributed by atoms with E-state index in [2.05, 4.69) is 0 Å². The molecule has 0 saturated heterocycles. The molecule has 0 bridgehead atoms. The molecule has 1 aliphatic carbocycles. The second-order valence-corrected chi connectivity index (χ2v) is 4.33. The number of methoxy groups -OCH3 is 2. The number of primary amides is 1. The summed E-state index contributed by atoms with van der Waals surface area (Å²) in [7, 11) is 3.17. The van der Waals surface area contributed by atoms with Gasteiger partial charge in [0.25, 0.3) is 0 Å². The van der Waals surface area contributed by atoms with Crippen molar-refractivity contribution in [1.82, 2.24) is 0 Å². The first-order valence-corrected chi connectivity index (χ1v) is 5.68. The van der Waals surface area contributed by atoms with Crippen molar-refractivity contribution in [3.63, 3.8) is 0 Å². The molecule has 0 radical (unpaired) electrons. The number of carbonyl (C=O) groups excluding carboxylic acids is 1. The number of nitrogens with two attached hydrogens (primary N) is 1. The highest BCUT2D eigenvalue weighted by molar-refractivity contribution is 5.83. The largest absolute Gasteiger partial charge is 0.493 e. The van der Waals surface area contributed by atoms with E-state index in [4.69, 9.17) is 15.2 Å². The second-order valence-electron chi connectivity index (χ2n) is 4.33. The third-order valence-electron chi connectivity index (χ3n) is 3.17. The molecule has 4 heteroatoms. The maximum absolute atomic E-state index is 11.5. The van der Waals surface area contributed by atoms with E-state index in [9.17, 15) is 4.79 Å². The highest BCUT2D eigenvalue weighted by atomic mass is 16.5. The molecule has 1 amide bonds. The zero-order valence-corrected chi connectivity index (χ0v) is 10.1. The van der Waals surface area contributed by atoms with Crippen LogP contribution in [0.4, 0.5) is 0 Å². The Balaban J connectivity index is 2.34. The molecule has 1 saturated carbocycles. The van der Waals surface area contributed by atoms with E-state index in [-0.39, 0.29) is 11.8 Å². The van der Waals surface area contributed by atoms with Crippen molar-refractivity contribution in [1.29, 1.82) is 0 Å². The minimum absolute atomic E-state index is 0.199. The van der Waals surface area contributed by atoms with Crippen molar-refractivity contribution in [2.75, 3.05) is 14.2 Å². The highest BCUT2D eigenvalue weighted by Gasteiger charge is 2.36. The fourth-order valence-electron chi connectivity index (χ4n) is 2.14.